The minimum atomic E-state index is -0.546. The van der Waals surface area contributed by atoms with Gasteiger partial charge < -0.3 is 9.47 Å². The summed E-state index contributed by atoms with van der Waals surface area (Å²) in [5.74, 6) is 0.0497. The van der Waals surface area contributed by atoms with E-state index in [0.29, 0.717) is 25.6 Å². The number of benzene rings is 1. The van der Waals surface area contributed by atoms with Crippen LogP contribution in [0.5, 0.6) is 0 Å². The molecule has 0 saturated carbocycles. The van der Waals surface area contributed by atoms with Gasteiger partial charge in [-0.3, -0.25) is 4.79 Å². The topological polar surface area (TPSA) is 25.2 Å². The number of amides is 1. The molecule has 0 saturated heterocycles. The summed E-state index contributed by atoms with van der Waals surface area (Å²) in [5, 5.41) is -0.546. The monoisotopic (exact) mass is 350 g/mol. The number of aromatic nitrogens is 1. The van der Waals surface area contributed by atoms with E-state index in [4.69, 9.17) is 11.6 Å². The van der Waals surface area contributed by atoms with Gasteiger partial charge in [-0.2, -0.15) is 0 Å². The molecule has 0 radical (unpaired) electrons. The van der Waals surface area contributed by atoms with E-state index in [0.717, 1.165) is 11.3 Å². The fourth-order valence-electron chi connectivity index (χ4n) is 2.70. The fraction of sp³-hybridized carbons (Fsp3) is 0.421. The van der Waals surface area contributed by atoms with Gasteiger partial charge in [0, 0.05) is 25.0 Å². The molecule has 1 aromatic heterocycles. The highest BCUT2D eigenvalue weighted by molar-refractivity contribution is 6.30. The van der Waals surface area contributed by atoms with E-state index in [9.17, 15) is 9.18 Å². The summed E-state index contributed by atoms with van der Waals surface area (Å²) < 4.78 is 15.4. The first kappa shape index (κ1) is 18.5. The van der Waals surface area contributed by atoms with Gasteiger partial charge in [0.2, 0.25) is 5.91 Å². The maximum Gasteiger partial charge on any atom is 0.240 e. The zero-order chi connectivity index (χ0) is 17.7. The van der Waals surface area contributed by atoms with Crippen molar-refractivity contribution in [1.82, 2.24) is 9.47 Å². The van der Waals surface area contributed by atoms with E-state index in [1.165, 1.54) is 12.1 Å². The molecule has 0 aliphatic carbocycles. The molecule has 1 amide bonds. The Morgan fingerprint density at radius 3 is 2.62 bits per heavy atom. The van der Waals surface area contributed by atoms with Crippen LogP contribution in [0.3, 0.4) is 0 Å². The van der Waals surface area contributed by atoms with Crippen LogP contribution in [-0.2, 0) is 17.9 Å². The van der Waals surface area contributed by atoms with Crippen molar-refractivity contribution in [2.24, 2.45) is 5.92 Å². The Balaban J connectivity index is 2.16. The molecule has 0 bridgehead atoms. The highest BCUT2D eigenvalue weighted by atomic mass is 35.5. The number of carbonyl (C=O) groups excluding carboxylic acids is 1. The van der Waals surface area contributed by atoms with Crippen LogP contribution in [0.25, 0.3) is 0 Å². The Labute approximate surface area is 148 Å². The van der Waals surface area contributed by atoms with Crippen LogP contribution in [0.1, 0.15) is 32.0 Å². The van der Waals surface area contributed by atoms with Crippen molar-refractivity contribution in [3.05, 3.63) is 59.7 Å². The van der Waals surface area contributed by atoms with Crippen molar-refractivity contribution in [3.8, 4) is 0 Å². The molecule has 2 aromatic rings. The first-order valence-corrected chi connectivity index (χ1v) is 8.61. The third kappa shape index (κ3) is 5.10. The van der Waals surface area contributed by atoms with Crippen molar-refractivity contribution in [3.63, 3.8) is 0 Å². The van der Waals surface area contributed by atoms with Gasteiger partial charge in [0.25, 0.3) is 0 Å². The van der Waals surface area contributed by atoms with Gasteiger partial charge in [0.05, 0.1) is 6.54 Å². The molecule has 1 heterocycles. The smallest absolute Gasteiger partial charge is 0.240 e. The van der Waals surface area contributed by atoms with Gasteiger partial charge >= 0.3 is 0 Å². The minimum Gasteiger partial charge on any atom is -0.345 e. The van der Waals surface area contributed by atoms with Crippen LogP contribution in [0.2, 0.25) is 0 Å². The lowest BCUT2D eigenvalue weighted by Crippen LogP contribution is -2.38. The quantitative estimate of drug-likeness (QED) is 0.684. The van der Waals surface area contributed by atoms with Crippen molar-refractivity contribution >= 4 is 17.5 Å². The van der Waals surface area contributed by atoms with Crippen LogP contribution in [0.4, 0.5) is 4.39 Å². The van der Waals surface area contributed by atoms with Gasteiger partial charge in [-0.1, -0.05) is 26.0 Å². The third-order valence-corrected chi connectivity index (χ3v) is 3.94. The molecule has 2 rings (SSSR count). The molecule has 0 spiro atoms. The Morgan fingerprint density at radius 1 is 1.25 bits per heavy atom. The molecule has 0 N–H and O–H groups in total. The first-order valence-electron chi connectivity index (χ1n) is 8.18. The van der Waals surface area contributed by atoms with Crippen LogP contribution < -0.4 is 0 Å². The second kappa shape index (κ2) is 8.34. The lowest BCUT2D eigenvalue weighted by Gasteiger charge is -2.26. The predicted molar refractivity (Wildman–Crippen MR) is 95.5 cm³/mol. The number of nitrogens with zero attached hydrogens (tertiary/aromatic N) is 2. The number of hydrogen-bond acceptors (Lipinski definition) is 1. The molecule has 24 heavy (non-hydrogen) atoms. The Bertz CT molecular complexity index is 682. The van der Waals surface area contributed by atoms with E-state index in [2.05, 4.69) is 13.8 Å². The lowest BCUT2D eigenvalue weighted by atomic mass is 10.2. The van der Waals surface area contributed by atoms with Gasteiger partial charge in [-0.25, -0.2) is 4.39 Å². The molecule has 5 heteroatoms. The molecule has 1 aromatic carbocycles. The number of alkyl halides is 1. The Kier molecular flexibility index (Phi) is 6.44. The zero-order valence-electron chi connectivity index (χ0n) is 14.4. The molecular formula is C19H24ClFN2O. The summed E-state index contributed by atoms with van der Waals surface area (Å²) in [6.45, 7) is 7.57. The van der Waals surface area contributed by atoms with Crippen molar-refractivity contribution in [2.45, 2.75) is 39.2 Å². The normalized spacial score (nSPS) is 12.4. The lowest BCUT2D eigenvalue weighted by molar-refractivity contribution is -0.131. The molecule has 3 nitrogen and oxygen atoms in total. The molecule has 0 aliphatic heterocycles. The maximum absolute atomic E-state index is 13.4. The van der Waals surface area contributed by atoms with E-state index in [1.54, 1.807) is 17.9 Å². The van der Waals surface area contributed by atoms with Gasteiger partial charge in [-0.05, 0) is 42.7 Å². The second-order valence-corrected chi connectivity index (χ2v) is 7.14. The highest BCUT2D eigenvalue weighted by Crippen LogP contribution is 2.14. The standard InChI is InChI=1S/C19H24ClFN2O/c1-14(2)11-23(19(24)15(3)20)13-18-8-5-9-22(18)12-16-6-4-7-17(21)10-16/h4-10,14-15H,11-13H2,1-3H3. The van der Waals surface area contributed by atoms with E-state index >= 15 is 0 Å². The van der Waals surface area contributed by atoms with Gasteiger partial charge in [0.15, 0.2) is 0 Å². The van der Waals surface area contributed by atoms with Crippen molar-refractivity contribution in [1.29, 1.82) is 0 Å². The van der Waals surface area contributed by atoms with E-state index < -0.39 is 5.38 Å². The van der Waals surface area contributed by atoms with Crippen LogP contribution in [0, 0.1) is 11.7 Å². The molecule has 0 aliphatic rings. The van der Waals surface area contributed by atoms with E-state index in [1.807, 2.05) is 29.0 Å². The minimum absolute atomic E-state index is 0.0659. The summed E-state index contributed by atoms with van der Waals surface area (Å²) >= 11 is 5.99. The number of carbonyl (C=O) groups is 1. The third-order valence-electron chi connectivity index (χ3n) is 3.76. The average molecular weight is 351 g/mol. The zero-order valence-corrected chi connectivity index (χ0v) is 15.1. The number of halogens is 2. The fourth-order valence-corrected chi connectivity index (χ4v) is 2.84. The summed E-state index contributed by atoms with van der Waals surface area (Å²) in [7, 11) is 0. The molecule has 0 fully saturated rings. The van der Waals surface area contributed by atoms with Gasteiger partial charge in [0.1, 0.15) is 11.2 Å². The van der Waals surface area contributed by atoms with Crippen LogP contribution in [0.15, 0.2) is 42.6 Å². The molecule has 130 valence electrons. The molecule has 1 unspecified atom stereocenters. The summed E-state index contributed by atoms with van der Waals surface area (Å²) in [6, 6.07) is 10.5. The summed E-state index contributed by atoms with van der Waals surface area (Å²) in [4.78, 5) is 14.1. The average Bonchev–Trinajstić information content (AvgIpc) is 2.92. The van der Waals surface area contributed by atoms with Gasteiger partial charge in [-0.15, -0.1) is 11.6 Å². The van der Waals surface area contributed by atoms with E-state index in [-0.39, 0.29) is 11.7 Å². The number of hydrogen-bond donors (Lipinski definition) is 0. The predicted octanol–water partition coefficient (Wildman–Crippen LogP) is 4.29. The molecular weight excluding hydrogens is 327 g/mol. The summed E-state index contributed by atoms with van der Waals surface area (Å²) in [6.07, 6.45) is 1.95. The largest absolute Gasteiger partial charge is 0.345 e. The molecule has 1 atom stereocenters. The van der Waals surface area contributed by atoms with Crippen LogP contribution >= 0.6 is 11.6 Å². The van der Waals surface area contributed by atoms with Crippen molar-refractivity contribution < 1.29 is 9.18 Å². The summed E-state index contributed by atoms with van der Waals surface area (Å²) in [5.41, 5.74) is 1.89. The first-order chi connectivity index (χ1) is 11.4. The van der Waals surface area contributed by atoms with Crippen LogP contribution in [-0.4, -0.2) is 27.3 Å². The maximum atomic E-state index is 13.4. The second-order valence-electron chi connectivity index (χ2n) is 6.49. The Hall–Kier alpha value is -1.81. The SMILES string of the molecule is CC(C)CN(Cc1cccn1Cc1cccc(F)c1)C(=O)C(C)Cl. The Morgan fingerprint density at radius 2 is 2.00 bits per heavy atom. The number of rotatable bonds is 7. The highest BCUT2D eigenvalue weighted by Gasteiger charge is 2.20. The van der Waals surface area contributed by atoms with Crippen molar-refractivity contribution in [2.75, 3.05) is 6.54 Å².